The van der Waals surface area contributed by atoms with Gasteiger partial charge in [0, 0.05) is 32.1 Å². The number of nitrogens with zero attached hydrogens (tertiary/aromatic N) is 2. The minimum absolute atomic E-state index is 0.362. The van der Waals surface area contributed by atoms with Crippen molar-refractivity contribution in [3.05, 3.63) is 48.7 Å². The van der Waals surface area contributed by atoms with Crippen LogP contribution in [0.15, 0.2) is 48.7 Å². The number of nitrogens with one attached hydrogen (secondary N) is 2. The largest absolute Gasteiger partial charge is 0.473 e. The van der Waals surface area contributed by atoms with Crippen LogP contribution in [0.5, 0.6) is 17.2 Å². The Morgan fingerprint density at radius 1 is 1.00 bits per heavy atom. The van der Waals surface area contributed by atoms with Crippen molar-refractivity contribution in [1.82, 2.24) is 20.4 Å². The normalized spacial score (nSPS) is 18.1. The summed E-state index contributed by atoms with van der Waals surface area (Å²) in [5, 5.41) is 11.9. The minimum Gasteiger partial charge on any atom is -0.473 e. The maximum Gasteiger partial charge on any atom is 0.211 e. The third-order valence-electron chi connectivity index (χ3n) is 6.30. The van der Waals surface area contributed by atoms with Crippen LogP contribution in [0.25, 0.3) is 10.9 Å². The van der Waals surface area contributed by atoms with Crippen LogP contribution in [0.4, 0.5) is 0 Å². The molecule has 0 aliphatic carbocycles. The third kappa shape index (κ3) is 5.07. The summed E-state index contributed by atoms with van der Waals surface area (Å²) in [7, 11) is 1.62. The first-order valence-electron chi connectivity index (χ1n) is 11.7. The van der Waals surface area contributed by atoms with E-state index in [0.29, 0.717) is 45.7 Å². The summed E-state index contributed by atoms with van der Waals surface area (Å²) < 4.78 is 25.3. The highest BCUT2D eigenvalue weighted by molar-refractivity contribution is 7.84. The van der Waals surface area contributed by atoms with Gasteiger partial charge < -0.3 is 29.6 Å². The summed E-state index contributed by atoms with van der Waals surface area (Å²) in [4.78, 5) is 0.812. The number of benzene rings is 2. The summed E-state index contributed by atoms with van der Waals surface area (Å²) in [6, 6.07) is 13.7. The number of aromatic nitrogens is 2. The number of rotatable bonds is 8. The summed E-state index contributed by atoms with van der Waals surface area (Å²) >= 11 is 16.3. The van der Waals surface area contributed by atoms with Crippen molar-refractivity contribution in [2.24, 2.45) is 0 Å². The van der Waals surface area contributed by atoms with Gasteiger partial charge in [-0.3, -0.25) is 4.68 Å². The molecule has 5 rings (SSSR count). The highest BCUT2D eigenvalue weighted by Gasteiger charge is 2.45. The molecule has 2 aliphatic heterocycles. The Hall–Kier alpha value is -2.70. The van der Waals surface area contributed by atoms with E-state index < -0.39 is 5.60 Å². The van der Waals surface area contributed by atoms with Crippen LogP contribution in [0.3, 0.4) is 0 Å². The second kappa shape index (κ2) is 10.7. The fourth-order valence-electron chi connectivity index (χ4n) is 4.39. The van der Waals surface area contributed by atoms with Crippen molar-refractivity contribution >= 4 is 62.6 Å². The van der Waals surface area contributed by atoms with Crippen molar-refractivity contribution in [1.29, 1.82) is 0 Å². The van der Waals surface area contributed by atoms with Crippen LogP contribution >= 0.6 is 36.7 Å². The van der Waals surface area contributed by atoms with E-state index in [1.165, 1.54) is 0 Å². The molecular weight excluding hydrogens is 517 g/mol. The van der Waals surface area contributed by atoms with E-state index in [9.17, 15) is 0 Å². The van der Waals surface area contributed by atoms with E-state index >= 15 is 0 Å². The van der Waals surface area contributed by atoms with Gasteiger partial charge in [-0.2, -0.15) is 5.10 Å². The van der Waals surface area contributed by atoms with Gasteiger partial charge in [-0.15, -0.1) is 0 Å². The maximum absolute atomic E-state index is 6.32. The van der Waals surface area contributed by atoms with Crippen LogP contribution in [0.2, 0.25) is 0 Å². The molecule has 2 aromatic carbocycles. The molecule has 3 aromatic rings. The first-order valence-corrected chi connectivity index (χ1v) is 12.9. The zero-order valence-electron chi connectivity index (χ0n) is 19.7. The molecule has 2 aliphatic rings. The van der Waals surface area contributed by atoms with Crippen LogP contribution in [0.1, 0.15) is 25.3 Å². The van der Waals surface area contributed by atoms with E-state index in [-0.39, 0.29) is 0 Å². The molecule has 36 heavy (non-hydrogen) atoms. The molecule has 0 bridgehead atoms. The van der Waals surface area contributed by atoms with Crippen LogP contribution in [-0.4, -0.2) is 57.4 Å². The summed E-state index contributed by atoms with van der Waals surface area (Å²) in [6.45, 7) is 1.96. The number of thiocarbonyl (C=S) groups is 3. The number of hydrogen-bond acceptors (Lipinski definition) is 8. The van der Waals surface area contributed by atoms with Crippen molar-refractivity contribution in [3.63, 3.8) is 0 Å². The molecule has 0 amide bonds. The smallest absolute Gasteiger partial charge is 0.211 e. The second-order valence-corrected chi connectivity index (χ2v) is 9.86. The standard InChI is InChI=1S/C25H26N4O4S3/c1-30-13-10-25(22(34)27-24(36)28-23(25)35)33-19-4-2-18(3-5-19)32-20-6-7-21-16(14-20)15-26-29(21)17-8-11-31-12-9-17/h2-7,14-15,17H,8-13H2,1H3,(H2,27,28,34,35,36). The van der Waals surface area contributed by atoms with Crippen LogP contribution in [-0.2, 0) is 9.47 Å². The van der Waals surface area contributed by atoms with E-state index in [1.54, 1.807) is 7.11 Å². The Morgan fingerprint density at radius 3 is 2.36 bits per heavy atom. The third-order valence-corrected chi connectivity index (χ3v) is 7.37. The average molecular weight is 543 g/mol. The van der Waals surface area contributed by atoms with Crippen LogP contribution in [0, 0.1) is 0 Å². The molecule has 188 valence electrons. The molecule has 2 saturated heterocycles. The maximum atomic E-state index is 6.32. The highest BCUT2D eigenvalue weighted by Crippen LogP contribution is 2.32. The van der Waals surface area contributed by atoms with Gasteiger partial charge in [0.05, 0.1) is 24.4 Å². The summed E-state index contributed by atoms with van der Waals surface area (Å²) in [6.07, 6.45) is 4.27. The Kier molecular flexibility index (Phi) is 7.44. The second-order valence-electron chi connectivity index (χ2n) is 8.64. The SMILES string of the molecule is COCCC1(Oc2ccc(Oc3ccc4c(cnn4C4CCOCC4)c3)cc2)C(=S)NC(=S)NC1=S. The topological polar surface area (TPSA) is 78.8 Å². The quantitative estimate of drug-likeness (QED) is 0.398. The van der Waals surface area contributed by atoms with E-state index in [0.717, 1.165) is 42.7 Å². The Bertz CT molecular complexity index is 1270. The summed E-state index contributed by atoms with van der Waals surface area (Å²) in [5.74, 6) is 2.00. The summed E-state index contributed by atoms with van der Waals surface area (Å²) in [5.41, 5.74) is 0.0431. The van der Waals surface area contributed by atoms with Gasteiger partial charge in [0.15, 0.2) is 5.11 Å². The van der Waals surface area contributed by atoms with Gasteiger partial charge in [-0.05, 0) is 67.5 Å². The molecule has 2 fully saturated rings. The number of fused-ring (bicyclic) bond motifs is 1. The molecule has 0 spiro atoms. The first-order chi connectivity index (χ1) is 17.5. The van der Waals surface area contributed by atoms with Gasteiger partial charge in [-0.25, -0.2) is 0 Å². The van der Waals surface area contributed by atoms with Crippen molar-refractivity contribution in [2.45, 2.75) is 30.9 Å². The lowest BCUT2D eigenvalue weighted by molar-refractivity contribution is 0.0675. The molecule has 11 heteroatoms. The van der Waals surface area contributed by atoms with Gasteiger partial charge >= 0.3 is 0 Å². The number of hydrogen-bond donors (Lipinski definition) is 2. The number of ether oxygens (including phenoxy) is 4. The molecule has 0 radical (unpaired) electrons. The fraction of sp³-hybridized carbons (Fsp3) is 0.360. The first kappa shape index (κ1) is 25.0. The molecule has 1 aromatic heterocycles. The van der Waals surface area contributed by atoms with Crippen LogP contribution < -0.4 is 20.1 Å². The predicted molar refractivity (Wildman–Crippen MR) is 149 cm³/mol. The minimum atomic E-state index is -1.05. The van der Waals surface area contributed by atoms with Gasteiger partial charge in [0.25, 0.3) is 0 Å². The monoisotopic (exact) mass is 542 g/mol. The molecule has 2 N–H and O–H groups in total. The lowest BCUT2D eigenvalue weighted by Crippen LogP contribution is -2.68. The lowest BCUT2D eigenvalue weighted by Gasteiger charge is -2.39. The molecule has 3 heterocycles. The van der Waals surface area contributed by atoms with Crippen molar-refractivity contribution in [2.75, 3.05) is 26.9 Å². The zero-order valence-corrected chi connectivity index (χ0v) is 22.1. The zero-order chi connectivity index (χ0) is 25.1. The highest BCUT2D eigenvalue weighted by atomic mass is 32.1. The van der Waals surface area contributed by atoms with Crippen molar-refractivity contribution in [3.8, 4) is 17.2 Å². The Morgan fingerprint density at radius 2 is 1.67 bits per heavy atom. The van der Waals surface area contributed by atoms with E-state index in [2.05, 4.69) is 26.5 Å². The fourth-order valence-corrected chi connectivity index (χ4v) is 5.48. The molecular formula is C25H26N4O4S3. The van der Waals surface area contributed by atoms with E-state index in [1.807, 2.05) is 42.6 Å². The Balaban J connectivity index is 1.30. The van der Waals surface area contributed by atoms with Gasteiger partial charge in [0.1, 0.15) is 27.2 Å². The average Bonchev–Trinajstić information content (AvgIpc) is 3.30. The lowest BCUT2D eigenvalue weighted by atomic mass is 9.97. The Labute approximate surface area is 225 Å². The molecule has 0 unspecified atom stereocenters. The molecule has 0 saturated carbocycles. The van der Waals surface area contributed by atoms with Gasteiger partial charge in [-0.1, -0.05) is 24.4 Å². The van der Waals surface area contributed by atoms with E-state index in [4.69, 9.17) is 55.6 Å². The molecule has 0 atom stereocenters. The van der Waals surface area contributed by atoms with Gasteiger partial charge in [0.2, 0.25) is 5.60 Å². The predicted octanol–water partition coefficient (Wildman–Crippen LogP) is 4.47. The van der Waals surface area contributed by atoms with Crippen molar-refractivity contribution < 1.29 is 18.9 Å². The molecule has 8 nitrogen and oxygen atoms in total. The number of methoxy groups -OCH3 is 1.